The molecule has 0 fully saturated rings. The summed E-state index contributed by atoms with van der Waals surface area (Å²) in [7, 11) is 1.77. The number of benzene rings is 2. The van der Waals surface area contributed by atoms with Gasteiger partial charge in [0.05, 0.1) is 5.92 Å². The maximum atomic E-state index is 13.1. The van der Waals surface area contributed by atoms with Gasteiger partial charge in [0.15, 0.2) is 0 Å². The summed E-state index contributed by atoms with van der Waals surface area (Å²) in [5.41, 5.74) is 3.98. The third-order valence-electron chi connectivity index (χ3n) is 4.88. The molecule has 116 valence electrons. The van der Waals surface area contributed by atoms with Crippen LogP contribution >= 0.6 is 0 Å². The number of carbonyl (C=O) groups is 2. The van der Waals surface area contributed by atoms with Crippen molar-refractivity contribution in [2.24, 2.45) is 0 Å². The van der Waals surface area contributed by atoms with Crippen LogP contribution in [0.3, 0.4) is 0 Å². The van der Waals surface area contributed by atoms with Gasteiger partial charge in [0, 0.05) is 31.4 Å². The SMILES string of the molecule is CN1C(=O)CC(C(=O)N2CCc3ccccc32)c2ccccc21. The highest BCUT2D eigenvalue weighted by Crippen LogP contribution is 2.38. The van der Waals surface area contributed by atoms with Crippen molar-refractivity contribution in [3.05, 3.63) is 59.7 Å². The van der Waals surface area contributed by atoms with Gasteiger partial charge in [0.1, 0.15) is 0 Å². The van der Waals surface area contributed by atoms with Crippen LogP contribution in [0.2, 0.25) is 0 Å². The Hall–Kier alpha value is -2.62. The second kappa shape index (κ2) is 5.23. The molecular weight excluding hydrogens is 288 g/mol. The first-order valence-electron chi connectivity index (χ1n) is 7.91. The summed E-state index contributed by atoms with van der Waals surface area (Å²) in [6.45, 7) is 0.695. The lowest BCUT2D eigenvalue weighted by molar-refractivity contribution is -0.125. The molecule has 0 aromatic heterocycles. The van der Waals surface area contributed by atoms with Crippen LogP contribution in [0.5, 0.6) is 0 Å². The summed E-state index contributed by atoms with van der Waals surface area (Å²) < 4.78 is 0. The molecule has 23 heavy (non-hydrogen) atoms. The van der Waals surface area contributed by atoms with Crippen molar-refractivity contribution in [3.63, 3.8) is 0 Å². The van der Waals surface area contributed by atoms with Gasteiger partial charge in [-0.3, -0.25) is 9.59 Å². The summed E-state index contributed by atoms with van der Waals surface area (Å²) in [6, 6.07) is 15.7. The molecule has 0 N–H and O–H groups in total. The third kappa shape index (κ3) is 2.13. The predicted octanol–water partition coefficient (Wildman–Crippen LogP) is 2.73. The van der Waals surface area contributed by atoms with E-state index in [0.717, 1.165) is 23.4 Å². The Bertz CT molecular complexity index is 799. The zero-order valence-corrected chi connectivity index (χ0v) is 13.0. The first-order chi connectivity index (χ1) is 11.2. The van der Waals surface area contributed by atoms with Crippen molar-refractivity contribution in [2.45, 2.75) is 18.8 Å². The Morgan fingerprint density at radius 3 is 2.57 bits per heavy atom. The molecule has 1 atom stereocenters. The molecule has 4 heteroatoms. The maximum Gasteiger partial charge on any atom is 0.235 e. The second-order valence-corrected chi connectivity index (χ2v) is 6.14. The summed E-state index contributed by atoms with van der Waals surface area (Å²) in [4.78, 5) is 28.9. The van der Waals surface area contributed by atoms with E-state index < -0.39 is 0 Å². The van der Waals surface area contributed by atoms with Crippen LogP contribution in [0.25, 0.3) is 0 Å². The van der Waals surface area contributed by atoms with E-state index in [1.54, 1.807) is 11.9 Å². The van der Waals surface area contributed by atoms with Crippen molar-refractivity contribution < 1.29 is 9.59 Å². The van der Waals surface area contributed by atoms with Gasteiger partial charge < -0.3 is 9.80 Å². The molecular formula is C19H18N2O2. The molecule has 2 aliphatic rings. The standard InChI is InChI=1S/C19H18N2O2/c1-20-17-9-5-3-7-14(17)15(12-18(20)22)19(23)21-11-10-13-6-2-4-8-16(13)21/h2-9,15H,10-12H2,1H3. The lowest BCUT2D eigenvalue weighted by atomic mass is 9.88. The molecule has 2 heterocycles. The topological polar surface area (TPSA) is 40.6 Å². The minimum atomic E-state index is -0.388. The number of fused-ring (bicyclic) bond motifs is 2. The van der Waals surface area contributed by atoms with Crippen LogP contribution in [0.15, 0.2) is 48.5 Å². The van der Waals surface area contributed by atoms with Gasteiger partial charge in [0.25, 0.3) is 0 Å². The number of hydrogen-bond acceptors (Lipinski definition) is 2. The van der Waals surface area contributed by atoms with E-state index in [4.69, 9.17) is 0 Å². The highest BCUT2D eigenvalue weighted by atomic mass is 16.2. The Balaban J connectivity index is 1.73. The molecule has 0 radical (unpaired) electrons. The Kier molecular flexibility index (Phi) is 3.18. The summed E-state index contributed by atoms with van der Waals surface area (Å²) >= 11 is 0. The van der Waals surface area contributed by atoms with Gasteiger partial charge >= 0.3 is 0 Å². The molecule has 2 amide bonds. The smallest absolute Gasteiger partial charge is 0.235 e. The van der Waals surface area contributed by atoms with Crippen LogP contribution in [0, 0.1) is 0 Å². The molecule has 0 bridgehead atoms. The van der Waals surface area contributed by atoms with E-state index in [-0.39, 0.29) is 24.2 Å². The van der Waals surface area contributed by atoms with E-state index in [9.17, 15) is 9.59 Å². The molecule has 2 aliphatic heterocycles. The molecule has 2 aromatic rings. The van der Waals surface area contributed by atoms with Gasteiger partial charge in [-0.25, -0.2) is 0 Å². The lowest BCUT2D eigenvalue weighted by Crippen LogP contribution is -2.41. The first kappa shape index (κ1) is 14.0. The predicted molar refractivity (Wildman–Crippen MR) is 89.7 cm³/mol. The zero-order chi connectivity index (χ0) is 16.0. The van der Waals surface area contributed by atoms with Gasteiger partial charge in [0.2, 0.25) is 11.8 Å². The minimum Gasteiger partial charge on any atom is -0.315 e. The van der Waals surface area contributed by atoms with Crippen LogP contribution in [0.1, 0.15) is 23.5 Å². The summed E-state index contributed by atoms with van der Waals surface area (Å²) in [5.74, 6) is -0.362. The molecule has 4 nitrogen and oxygen atoms in total. The summed E-state index contributed by atoms with van der Waals surface area (Å²) in [5, 5.41) is 0. The zero-order valence-electron chi connectivity index (χ0n) is 13.0. The average molecular weight is 306 g/mol. The number of para-hydroxylation sites is 2. The molecule has 0 saturated carbocycles. The Morgan fingerprint density at radius 2 is 1.74 bits per heavy atom. The fraction of sp³-hybridized carbons (Fsp3) is 0.263. The largest absolute Gasteiger partial charge is 0.315 e. The van der Waals surface area contributed by atoms with E-state index in [0.29, 0.717) is 6.54 Å². The van der Waals surface area contributed by atoms with Gasteiger partial charge in [-0.15, -0.1) is 0 Å². The highest BCUT2D eigenvalue weighted by Gasteiger charge is 2.37. The Morgan fingerprint density at radius 1 is 1.04 bits per heavy atom. The molecule has 0 saturated heterocycles. The number of rotatable bonds is 1. The third-order valence-corrected chi connectivity index (χ3v) is 4.88. The van der Waals surface area contributed by atoms with E-state index in [1.807, 2.05) is 47.4 Å². The number of amides is 2. The van der Waals surface area contributed by atoms with Crippen LogP contribution in [-0.2, 0) is 16.0 Å². The van der Waals surface area contributed by atoms with E-state index in [2.05, 4.69) is 6.07 Å². The number of hydrogen-bond donors (Lipinski definition) is 0. The van der Waals surface area contributed by atoms with Gasteiger partial charge in [-0.05, 0) is 29.7 Å². The van der Waals surface area contributed by atoms with Crippen molar-refractivity contribution in [1.29, 1.82) is 0 Å². The first-order valence-corrected chi connectivity index (χ1v) is 7.91. The van der Waals surface area contributed by atoms with Crippen molar-refractivity contribution in [2.75, 3.05) is 23.4 Å². The molecule has 0 spiro atoms. The number of nitrogens with zero attached hydrogens (tertiary/aromatic N) is 2. The number of carbonyl (C=O) groups excluding carboxylic acids is 2. The minimum absolute atomic E-state index is 0.00506. The fourth-order valence-corrected chi connectivity index (χ4v) is 3.62. The van der Waals surface area contributed by atoms with Crippen LogP contribution < -0.4 is 9.80 Å². The Labute approximate surface area is 135 Å². The van der Waals surface area contributed by atoms with Gasteiger partial charge in [-0.2, -0.15) is 0 Å². The van der Waals surface area contributed by atoms with Crippen molar-refractivity contribution in [3.8, 4) is 0 Å². The van der Waals surface area contributed by atoms with Crippen molar-refractivity contribution >= 4 is 23.2 Å². The monoisotopic (exact) mass is 306 g/mol. The second-order valence-electron chi connectivity index (χ2n) is 6.14. The molecule has 4 rings (SSSR count). The summed E-state index contributed by atoms with van der Waals surface area (Å²) in [6.07, 6.45) is 1.12. The highest BCUT2D eigenvalue weighted by molar-refractivity contribution is 6.07. The van der Waals surface area contributed by atoms with Gasteiger partial charge in [-0.1, -0.05) is 36.4 Å². The normalized spacial score (nSPS) is 19.5. The maximum absolute atomic E-state index is 13.1. The number of anilines is 2. The molecule has 0 aliphatic carbocycles. The quantitative estimate of drug-likeness (QED) is 0.813. The van der Waals surface area contributed by atoms with Crippen LogP contribution in [-0.4, -0.2) is 25.4 Å². The van der Waals surface area contributed by atoms with E-state index in [1.165, 1.54) is 5.56 Å². The lowest BCUT2D eigenvalue weighted by Gasteiger charge is -2.33. The van der Waals surface area contributed by atoms with E-state index >= 15 is 0 Å². The molecule has 2 aromatic carbocycles. The fourth-order valence-electron chi connectivity index (χ4n) is 3.62. The molecule has 1 unspecified atom stereocenters. The average Bonchev–Trinajstić information content (AvgIpc) is 3.01. The van der Waals surface area contributed by atoms with Crippen molar-refractivity contribution in [1.82, 2.24) is 0 Å². The van der Waals surface area contributed by atoms with Crippen LogP contribution in [0.4, 0.5) is 11.4 Å².